The standard InChI is InChI=1S/C19H30O9/c1-9(21)5-6-19-17(2,3)15(10(22)7-18(19,4)28-19)27-16-14(25)13(24)12(23)11(8-20)26-16/h5-6,10-16,20,22-25H,7-8H2,1-4H3/b6-5+/t10-,11+,12+,13-,14+,15+,16?,18-,19+/m1/s1. The molecule has 160 valence electrons. The number of ether oxygens (including phenoxy) is 3. The molecule has 2 saturated heterocycles. The van der Waals surface area contributed by atoms with Gasteiger partial charge in [-0.25, -0.2) is 0 Å². The number of ketones is 1. The minimum Gasteiger partial charge on any atom is -0.394 e. The molecular formula is C19H30O9. The molecule has 0 aromatic carbocycles. The zero-order valence-corrected chi connectivity index (χ0v) is 16.5. The highest BCUT2D eigenvalue weighted by Gasteiger charge is 2.78. The quantitative estimate of drug-likeness (QED) is 0.277. The molecule has 0 amide bonds. The molecule has 0 aromatic heterocycles. The first-order chi connectivity index (χ1) is 12.9. The molecule has 3 fully saturated rings. The van der Waals surface area contributed by atoms with Crippen molar-refractivity contribution in [3.05, 3.63) is 12.2 Å². The lowest BCUT2D eigenvalue weighted by molar-refractivity contribution is -0.329. The molecule has 9 atom stereocenters. The Morgan fingerprint density at radius 1 is 1.14 bits per heavy atom. The molecule has 3 aliphatic rings. The van der Waals surface area contributed by atoms with Gasteiger partial charge >= 0.3 is 0 Å². The van der Waals surface area contributed by atoms with Crippen molar-refractivity contribution in [2.24, 2.45) is 5.41 Å². The second-order valence-electron chi connectivity index (χ2n) is 8.76. The van der Waals surface area contributed by atoms with E-state index >= 15 is 0 Å². The van der Waals surface area contributed by atoms with Gasteiger partial charge in [-0.05, 0) is 26.0 Å². The van der Waals surface area contributed by atoms with E-state index in [1.54, 1.807) is 6.08 Å². The van der Waals surface area contributed by atoms with Gasteiger partial charge in [0.25, 0.3) is 0 Å². The Labute approximate surface area is 163 Å². The summed E-state index contributed by atoms with van der Waals surface area (Å²) in [6.45, 7) is 6.35. The molecule has 1 aliphatic carbocycles. The van der Waals surface area contributed by atoms with Gasteiger partial charge in [-0.15, -0.1) is 0 Å². The predicted molar refractivity (Wildman–Crippen MR) is 95.1 cm³/mol. The molecule has 1 unspecified atom stereocenters. The average Bonchev–Trinajstić information content (AvgIpc) is 3.23. The van der Waals surface area contributed by atoms with Gasteiger partial charge in [0.05, 0.1) is 18.8 Å². The fourth-order valence-corrected chi connectivity index (χ4v) is 4.78. The maximum absolute atomic E-state index is 11.5. The summed E-state index contributed by atoms with van der Waals surface area (Å²) in [6, 6.07) is 0. The largest absolute Gasteiger partial charge is 0.394 e. The molecule has 0 aromatic rings. The fraction of sp³-hybridized carbons (Fsp3) is 0.842. The summed E-state index contributed by atoms with van der Waals surface area (Å²) in [5.74, 6) is -0.138. The molecule has 2 heterocycles. The van der Waals surface area contributed by atoms with Crippen LogP contribution in [-0.2, 0) is 19.0 Å². The molecule has 28 heavy (non-hydrogen) atoms. The van der Waals surface area contributed by atoms with Gasteiger partial charge in [-0.3, -0.25) is 4.79 Å². The van der Waals surface area contributed by atoms with Crippen LogP contribution in [0.3, 0.4) is 0 Å². The van der Waals surface area contributed by atoms with Crippen LogP contribution < -0.4 is 0 Å². The third-order valence-corrected chi connectivity index (χ3v) is 6.43. The number of epoxide rings is 1. The van der Waals surface area contributed by atoms with Gasteiger partial charge in [0.15, 0.2) is 12.1 Å². The third kappa shape index (κ3) is 3.14. The van der Waals surface area contributed by atoms with E-state index < -0.39 is 66.1 Å². The summed E-state index contributed by atoms with van der Waals surface area (Å²) in [7, 11) is 0. The monoisotopic (exact) mass is 402 g/mol. The van der Waals surface area contributed by atoms with Crippen molar-refractivity contribution in [3.8, 4) is 0 Å². The number of aliphatic hydroxyl groups excluding tert-OH is 5. The fourth-order valence-electron chi connectivity index (χ4n) is 4.78. The van der Waals surface area contributed by atoms with Crippen LogP contribution >= 0.6 is 0 Å². The van der Waals surface area contributed by atoms with Crippen molar-refractivity contribution in [3.63, 3.8) is 0 Å². The van der Waals surface area contributed by atoms with Crippen LogP contribution in [0.15, 0.2) is 12.2 Å². The zero-order valence-electron chi connectivity index (χ0n) is 16.5. The second-order valence-corrected chi connectivity index (χ2v) is 8.76. The lowest BCUT2D eigenvalue weighted by Crippen LogP contribution is -2.63. The average molecular weight is 402 g/mol. The normalized spacial score (nSPS) is 50.4. The molecule has 0 radical (unpaired) electrons. The molecule has 5 N–H and O–H groups in total. The smallest absolute Gasteiger partial charge is 0.187 e. The van der Waals surface area contributed by atoms with Crippen LogP contribution in [0.5, 0.6) is 0 Å². The Hall–Kier alpha value is -0.910. The lowest BCUT2D eigenvalue weighted by Gasteiger charge is -2.48. The first kappa shape index (κ1) is 21.8. The van der Waals surface area contributed by atoms with Gasteiger partial charge in [0, 0.05) is 11.8 Å². The molecule has 3 rings (SSSR count). The minimum atomic E-state index is -1.58. The minimum absolute atomic E-state index is 0.138. The molecule has 9 nitrogen and oxygen atoms in total. The Morgan fingerprint density at radius 3 is 2.36 bits per heavy atom. The highest BCUT2D eigenvalue weighted by molar-refractivity contribution is 5.87. The molecule has 2 aliphatic heterocycles. The molecular weight excluding hydrogens is 372 g/mol. The van der Waals surface area contributed by atoms with E-state index in [1.807, 2.05) is 20.8 Å². The van der Waals surface area contributed by atoms with Crippen molar-refractivity contribution in [1.82, 2.24) is 0 Å². The Balaban J connectivity index is 1.86. The van der Waals surface area contributed by atoms with Crippen LogP contribution in [0.2, 0.25) is 0 Å². The van der Waals surface area contributed by atoms with Gasteiger partial charge in [0.2, 0.25) is 0 Å². The van der Waals surface area contributed by atoms with Crippen molar-refractivity contribution in [1.29, 1.82) is 0 Å². The molecule has 0 spiro atoms. The first-order valence-corrected chi connectivity index (χ1v) is 9.44. The summed E-state index contributed by atoms with van der Waals surface area (Å²) >= 11 is 0. The Bertz CT molecular complexity index is 647. The van der Waals surface area contributed by atoms with E-state index in [4.69, 9.17) is 14.2 Å². The molecule has 1 saturated carbocycles. The number of carbonyl (C=O) groups excluding carboxylic acids is 1. The molecule has 0 bridgehead atoms. The van der Waals surface area contributed by atoms with Gasteiger partial charge in [-0.2, -0.15) is 0 Å². The zero-order chi connectivity index (χ0) is 21.1. The Morgan fingerprint density at radius 2 is 1.79 bits per heavy atom. The number of rotatable bonds is 5. The van der Waals surface area contributed by atoms with Gasteiger partial charge in [-0.1, -0.05) is 13.8 Å². The number of hydrogen-bond acceptors (Lipinski definition) is 9. The van der Waals surface area contributed by atoms with Crippen LogP contribution in [0, 0.1) is 5.41 Å². The summed E-state index contributed by atoms with van der Waals surface area (Å²) < 4.78 is 17.3. The predicted octanol–water partition coefficient (Wildman–Crippen LogP) is -1.36. The number of allylic oxidation sites excluding steroid dienone is 1. The van der Waals surface area contributed by atoms with E-state index in [-0.39, 0.29) is 12.2 Å². The highest BCUT2D eigenvalue weighted by atomic mass is 16.7. The maximum atomic E-state index is 11.5. The Kier molecular flexibility index (Phi) is 5.53. The number of fused-ring (bicyclic) bond motifs is 1. The van der Waals surface area contributed by atoms with Crippen molar-refractivity contribution in [2.75, 3.05) is 6.61 Å². The van der Waals surface area contributed by atoms with E-state index in [1.165, 1.54) is 13.0 Å². The van der Waals surface area contributed by atoms with E-state index in [0.29, 0.717) is 0 Å². The SMILES string of the molecule is CC(=O)/C=C/[C@@]12O[C@]1(C)C[C@@H](O)[C@H](OC1O[C@@H](CO)[C@H](O)[C@@H](O)[C@@H]1O)C2(C)C. The summed E-state index contributed by atoms with van der Waals surface area (Å²) in [4.78, 5) is 11.5. The van der Waals surface area contributed by atoms with Crippen LogP contribution in [0.1, 0.15) is 34.1 Å². The number of aliphatic hydroxyl groups is 5. The van der Waals surface area contributed by atoms with Gasteiger partial charge < -0.3 is 39.7 Å². The van der Waals surface area contributed by atoms with Crippen LogP contribution in [0.4, 0.5) is 0 Å². The summed E-state index contributed by atoms with van der Waals surface area (Å²) in [6.07, 6.45) is -5.61. The van der Waals surface area contributed by atoms with Crippen LogP contribution in [0.25, 0.3) is 0 Å². The lowest BCUT2D eigenvalue weighted by atomic mass is 9.61. The highest BCUT2D eigenvalue weighted by Crippen LogP contribution is 2.66. The van der Waals surface area contributed by atoms with Crippen LogP contribution in [-0.4, -0.2) is 92.0 Å². The third-order valence-electron chi connectivity index (χ3n) is 6.43. The number of carbonyl (C=O) groups is 1. The van der Waals surface area contributed by atoms with Crippen molar-refractivity contribution in [2.45, 2.75) is 88.2 Å². The first-order valence-electron chi connectivity index (χ1n) is 9.44. The summed E-state index contributed by atoms with van der Waals surface area (Å²) in [5, 5.41) is 50.2. The van der Waals surface area contributed by atoms with E-state index in [0.717, 1.165) is 0 Å². The van der Waals surface area contributed by atoms with E-state index in [2.05, 4.69) is 0 Å². The van der Waals surface area contributed by atoms with E-state index in [9.17, 15) is 30.3 Å². The second kappa shape index (κ2) is 7.10. The van der Waals surface area contributed by atoms with Gasteiger partial charge in [0.1, 0.15) is 35.6 Å². The maximum Gasteiger partial charge on any atom is 0.187 e. The molecule has 9 heteroatoms. The number of hydrogen-bond donors (Lipinski definition) is 5. The topological polar surface area (TPSA) is 149 Å². The van der Waals surface area contributed by atoms with Crippen molar-refractivity contribution >= 4 is 5.78 Å². The van der Waals surface area contributed by atoms with Crippen molar-refractivity contribution < 1.29 is 44.5 Å². The summed E-state index contributed by atoms with van der Waals surface area (Å²) in [5.41, 5.74) is -2.36.